The average molecular weight is 167 g/mol. The largest absolute Gasteiger partial charge is 0.0808 e. The first-order chi connectivity index (χ1) is 5.27. The van der Waals surface area contributed by atoms with Crippen molar-refractivity contribution in [3.05, 3.63) is 12.2 Å². The van der Waals surface area contributed by atoms with Crippen molar-refractivity contribution in [3.8, 4) is 0 Å². The van der Waals surface area contributed by atoms with Gasteiger partial charge in [-0.3, -0.25) is 0 Å². The summed E-state index contributed by atoms with van der Waals surface area (Å²) >= 11 is 0. The molecule has 0 aliphatic carbocycles. The molecule has 0 saturated heterocycles. The minimum Gasteiger partial charge on any atom is -0.0808 e. The normalized spacial score (nSPS) is 14.2. The van der Waals surface area contributed by atoms with E-state index in [0.717, 1.165) is 6.42 Å². The zero-order chi connectivity index (χ0) is 9.83. The lowest BCUT2D eigenvalue weighted by Gasteiger charge is -2.31. The van der Waals surface area contributed by atoms with Gasteiger partial charge in [-0.05, 0) is 30.6 Å². The summed E-state index contributed by atoms with van der Waals surface area (Å²) in [5.41, 5.74) is 0.854. The summed E-state index contributed by atoms with van der Waals surface area (Å²) in [6, 6.07) is 0. The van der Waals surface area contributed by atoms with Gasteiger partial charge in [0.15, 0.2) is 0 Å². The molecule has 0 atom stereocenters. The van der Waals surface area contributed by atoms with E-state index in [0.29, 0.717) is 10.8 Å². The third-order valence-corrected chi connectivity index (χ3v) is 1.87. The van der Waals surface area contributed by atoms with E-state index < -0.39 is 0 Å². The molecule has 0 amide bonds. The predicted molar refractivity (Wildman–Crippen MR) is 56.0 cm³/mol. The topological polar surface area (TPSA) is 0 Å². The third kappa shape index (κ3) is 6.45. The predicted octanol–water partition coefficient (Wildman–Crippen LogP) is 4.22. The zero-order valence-electron chi connectivity index (χ0n) is 9.49. The van der Waals surface area contributed by atoms with Crippen molar-refractivity contribution in [1.82, 2.24) is 0 Å². The molecule has 0 aromatic rings. The van der Waals surface area contributed by atoms with Gasteiger partial charge in [-0.15, -0.1) is 0 Å². The first-order valence-corrected chi connectivity index (χ1v) is 4.76. The molecule has 1 radical (unpaired) electrons. The van der Waals surface area contributed by atoms with Crippen LogP contribution in [0.4, 0.5) is 0 Å². The van der Waals surface area contributed by atoms with Gasteiger partial charge in [0.2, 0.25) is 0 Å². The van der Waals surface area contributed by atoms with E-state index in [9.17, 15) is 0 Å². The van der Waals surface area contributed by atoms with Gasteiger partial charge < -0.3 is 0 Å². The molecule has 0 aromatic carbocycles. The number of allylic oxidation sites excluding steroid dienone is 2. The Hall–Kier alpha value is -0.260. The summed E-state index contributed by atoms with van der Waals surface area (Å²) in [6.07, 6.45) is 7.63. The van der Waals surface area contributed by atoms with Gasteiger partial charge in [0.25, 0.3) is 0 Å². The SMILES string of the molecule is C/[C]=C/CC(C)(C)CC(C)(C)C. The van der Waals surface area contributed by atoms with E-state index in [2.05, 4.69) is 46.8 Å². The van der Waals surface area contributed by atoms with Crippen LogP contribution in [0, 0.1) is 16.9 Å². The van der Waals surface area contributed by atoms with Crippen molar-refractivity contribution in [2.24, 2.45) is 10.8 Å². The molecule has 0 N–H and O–H groups in total. The van der Waals surface area contributed by atoms with Gasteiger partial charge >= 0.3 is 0 Å². The molecule has 0 bridgehead atoms. The fraction of sp³-hybridized carbons (Fsp3) is 0.833. The highest BCUT2D eigenvalue weighted by atomic mass is 14.3. The van der Waals surface area contributed by atoms with Crippen LogP contribution in [-0.4, -0.2) is 0 Å². The Balaban J connectivity index is 4.04. The highest BCUT2D eigenvalue weighted by Crippen LogP contribution is 2.35. The zero-order valence-corrected chi connectivity index (χ0v) is 9.49. The van der Waals surface area contributed by atoms with Crippen molar-refractivity contribution in [2.45, 2.75) is 54.4 Å². The van der Waals surface area contributed by atoms with Crippen molar-refractivity contribution in [3.63, 3.8) is 0 Å². The Bertz CT molecular complexity index is 144. The number of hydrogen-bond acceptors (Lipinski definition) is 0. The Kier molecular flexibility index (Phi) is 4.02. The summed E-state index contributed by atoms with van der Waals surface area (Å²) in [7, 11) is 0. The lowest BCUT2D eigenvalue weighted by Crippen LogP contribution is -2.19. The third-order valence-electron chi connectivity index (χ3n) is 1.87. The van der Waals surface area contributed by atoms with Crippen LogP contribution in [0.2, 0.25) is 0 Å². The quantitative estimate of drug-likeness (QED) is 0.590. The molecule has 0 aliphatic rings. The molecule has 0 saturated carbocycles. The molecule has 0 aliphatic heterocycles. The second-order valence-corrected chi connectivity index (χ2v) is 5.60. The molecule has 0 aromatic heterocycles. The second-order valence-electron chi connectivity index (χ2n) is 5.60. The maximum Gasteiger partial charge on any atom is -0.0293 e. The van der Waals surface area contributed by atoms with Crippen molar-refractivity contribution in [2.75, 3.05) is 0 Å². The summed E-state index contributed by atoms with van der Waals surface area (Å²) in [5.74, 6) is 0. The molecule has 0 rings (SSSR count). The lowest BCUT2D eigenvalue weighted by atomic mass is 9.74. The Morgan fingerprint density at radius 2 is 1.58 bits per heavy atom. The van der Waals surface area contributed by atoms with E-state index in [1.165, 1.54) is 6.42 Å². The molecule has 71 valence electrons. The van der Waals surface area contributed by atoms with Crippen molar-refractivity contribution in [1.29, 1.82) is 0 Å². The standard InChI is InChI=1S/C12H23/c1-7-8-9-12(5,6)10-11(2,3)4/h8H,9-10H2,1-6H3. The molecule has 0 heteroatoms. The highest BCUT2D eigenvalue weighted by molar-refractivity contribution is 4.84. The molecular formula is C12H23. The van der Waals surface area contributed by atoms with Crippen molar-refractivity contribution >= 4 is 0 Å². The molecule has 12 heavy (non-hydrogen) atoms. The van der Waals surface area contributed by atoms with Crippen LogP contribution in [0.1, 0.15) is 54.4 Å². The fourth-order valence-corrected chi connectivity index (χ4v) is 1.89. The van der Waals surface area contributed by atoms with Crippen LogP contribution in [0.5, 0.6) is 0 Å². The minimum absolute atomic E-state index is 0.418. The van der Waals surface area contributed by atoms with E-state index in [1.807, 2.05) is 6.92 Å². The second kappa shape index (κ2) is 4.11. The van der Waals surface area contributed by atoms with Crippen LogP contribution in [0.25, 0.3) is 0 Å². The first-order valence-electron chi connectivity index (χ1n) is 4.76. The Morgan fingerprint density at radius 3 is 1.92 bits per heavy atom. The maximum absolute atomic E-state index is 3.08. The van der Waals surface area contributed by atoms with Gasteiger partial charge in [0, 0.05) is 0 Å². The van der Waals surface area contributed by atoms with Crippen LogP contribution in [0.15, 0.2) is 6.08 Å². The molecule has 0 nitrogen and oxygen atoms in total. The molecule has 0 spiro atoms. The van der Waals surface area contributed by atoms with Crippen LogP contribution in [0.3, 0.4) is 0 Å². The van der Waals surface area contributed by atoms with E-state index in [4.69, 9.17) is 0 Å². The van der Waals surface area contributed by atoms with Crippen LogP contribution in [-0.2, 0) is 0 Å². The summed E-state index contributed by atoms with van der Waals surface area (Å²) in [6.45, 7) is 13.5. The van der Waals surface area contributed by atoms with Gasteiger partial charge in [-0.25, -0.2) is 0 Å². The fourth-order valence-electron chi connectivity index (χ4n) is 1.89. The van der Waals surface area contributed by atoms with Gasteiger partial charge in [-0.1, -0.05) is 46.8 Å². The lowest BCUT2D eigenvalue weighted by molar-refractivity contribution is 0.214. The summed E-state index contributed by atoms with van der Waals surface area (Å²) in [5, 5.41) is 0. The summed E-state index contributed by atoms with van der Waals surface area (Å²) in [4.78, 5) is 0. The molecule has 0 heterocycles. The first kappa shape index (κ1) is 11.7. The average Bonchev–Trinajstić information content (AvgIpc) is 1.78. The van der Waals surface area contributed by atoms with Crippen LogP contribution >= 0.6 is 0 Å². The van der Waals surface area contributed by atoms with E-state index in [1.54, 1.807) is 0 Å². The highest BCUT2D eigenvalue weighted by Gasteiger charge is 2.23. The molecule has 0 fully saturated rings. The van der Waals surface area contributed by atoms with Gasteiger partial charge in [-0.2, -0.15) is 0 Å². The maximum atomic E-state index is 3.08. The number of hydrogen-bond donors (Lipinski definition) is 0. The summed E-state index contributed by atoms with van der Waals surface area (Å²) < 4.78 is 0. The Morgan fingerprint density at radius 1 is 1.08 bits per heavy atom. The van der Waals surface area contributed by atoms with Crippen LogP contribution < -0.4 is 0 Å². The van der Waals surface area contributed by atoms with Gasteiger partial charge in [0.1, 0.15) is 0 Å². The van der Waals surface area contributed by atoms with E-state index >= 15 is 0 Å². The van der Waals surface area contributed by atoms with Crippen molar-refractivity contribution < 1.29 is 0 Å². The molecule has 0 unspecified atom stereocenters. The van der Waals surface area contributed by atoms with E-state index in [-0.39, 0.29) is 0 Å². The van der Waals surface area contributed by atoms with Gasteiger partial charge in [0.05, 0.1) is 0 Å². The minimum atomic E-state index is 0.418. The smallest absolute Gasteiger partial charge is 0.0293 e. The Labute approximate surface area is 78.1 Å². The molecular weight excluding hydrogens is 144 g/mol. The monoisotopic (exact) mass is 167 g/mol. The number of rotatable bonds is 3.